The van der Waals surface area contributed by atoms with Gasteiger partial charge in [0.2, 0.25) is 10.0 Å². The fourth-order valence-corrected chi connectivity index (χ4v) is 5.42. The summed E-state index contributed by atoms with van der Waals surface area (Å²) in [6, 6.07) is 9.39. The average molecular weight is 489 g/mol. The van der Waals surface area contributed by atoms with Gasteiger partial charge in [0, 0.05) is 24.8 Å². The van der Waals surface area contributed by atoms with Gasteiger partial charge in [-0.2, -0.15) is 4.31 Å². The number of fused-ring (bicyclic) bond motifs is 1. The van der Waals surface area contributed by atoms with E-state index >= 15 is 0 Å². The molecule has 1 amide bonds. The number of aryl methyl sites for hydroxylation is 1. The molecule has 182 valence electrons. The van der Waals surface area contributed by atoms with Crippen molar-refractivity contribution in [3.05, 3.63) is 47.5 Å². The number of anilines is 1. The number of nitrogens with zero attached hydrogens (tertiary/aromatic N) is 1. The predicted octanol–water partition coefficient (Wildman–Crippen LogP) is 3.12. The maximum Gasteiger partial charge on any atom is 0.339 e. The molecule has 1 fully saturated rings. The molecular formula is C24H28N2O7S. The molecule has 2 aliphatic rings. The van der Waals surface area contributed by atoms with Crippen LogP contribution < -0.4 is 14.8 Å². The van der Waals surface area contributed by atoms with Gasteiger partial charge in [-0.05, 0) is 56.5 Å². The van der Waals surface area contributed by atoms with E-state index < -0.39 is 28.0 Å². The molecule has 0 aliphatic carbocycles. The van der Waals surface area contributed by atoms with E-state index in [-0.39, 0.29) is 10.5 Å². The summed E-state index contributed by atoms with van der Waals surface area (Å²) in [6.45, 7) is 4.96. The molecule has 1 saturated heterocycles. The third-order valence-electron chi connectivity index (χ3n) is 5.84. The number of sulfonamides is 1. The van der Waals surface area contributed by atoms with Crippen LogP contribution in [0.5, 0.6) is 11.5 Å². The lowest BCUT2D eigenvalue weighted by Gasteiger charge is -2.26. The van der Waals surface area contributed by atoms with Gasteiger partial charge in [0.15, 0.2) is 17.6 Å². The normalized spacial score (nSPS) is 17.0. The zero-order valence-corrected chi connectivity index (χ0v) is 20.0. The molecule has 9 nitrogen and oxygen atoms in total. The highest BCUT2D eigenvalue weighted by atomic mass is 32.2. The van der Waals surface area contributed by atoms with Gasteiger partial charge >= 0.3 is 5.97 Å². The smallest absolute Gasteiger partial charge is 0.339 e. The average Bonchev–Trinajstić information content (AvgIpc) is 2.84. The minimum atomic E-state index is -3.70. The number of esters is 1. The zero-order chi connectivity index (χ0) is 24.3. The second-order valence-electron chi connectivity index (χ2n) is 8.34. The molecular weight excluding hydrogens is 460 g/mol. The first-order chi connectivity index (χ1) is 16.3. The highest BCUT2D eigenvalue weighted by Gasteiger charge is 2.28. The number of hydrogen-bond donors (Lipinski definition) is 1. The largest absolute Gasteiger partial charge is 0.486 e. The van der Waals surface area contributed by atoms with Crippen LogP contribution in [0.3, 0.4) is 0 Å². The zero-order valence-electron chi connectivity index (χ0n) is 19.2. The quantitative estimate of drug-likeness (QED) is 0.622. The van der Waals surface area contributed by atoms with Crippen LogP contribution >= 0.6 is 0 Å². The number of carbonyl (C=O) groups excluding carboxylic acids is 2. The topological polar surface area (TPSA) is 111 Å². The second-order valence-corrected chi connectivity index (χ2v) is 10.3. The van der Waals surface area contributed by atoms with E-state index in [2.05, 4.69) is 5.32 Å². The number of amides is 1. The molecule has 0 aromatic heterocycles. The van der Waals surface area contributed by atoms with Crippen LogP contribution in [0.15, 0.2) is 41.3 Å². The maximum absolute atomic E-state index is 13.0. The van der Waals surface area contributed by atoms with Crippen LogP contribution in [0.2, 0.25) is 0 Å². The molecule has 1 unspecified atom stereocenters. The number of carbonyl (C=O) groups is 2. The lowest BCUT2D eigenvalue weighted by atomic mass is 10.1. The Kier molecular flexibility index (Phi) is 7.08. The molecule has 1 atom stereocenters. The number of nitrogens with one attached hydrogen (secondary N) is 1. The van der Waals surface area contributed by atoms with Crippen molar-refractivity contribution in [2.24, 2.45) is 0 Å². The molecule has 0 saturated carbocycles. The summed E-state index contributed by atoms with van der Waals surface area (Å²) in [6.07, 6.45) is 1.53. The summed E-state index contributed by atoms with van der Waals surface area (Å²) in [4.78, 5) is 25.5. The number of rotatable bonds is 6. The van der Waals surface area contributed by atoms with Crippen molar-refractivity contribution in [3.8, 4) is 11.5 Å². The van der Waals surface area contributed by atoms with E-state index in [4.69, 9.17) is 14.2 Å². The van der Waals surface area contributed by atoms with Gasteiger partial charge in [0.1, 0.15) is 13.2 Å². The van der Waals surface area contributed by atoms with Crippen molar-refractivity contribution in [1.29, 1.82) is 0 Å². The third-order valence-corrected chi connectivity index (χ3v) is 7.74. The fraction of sp³-hybridized carbons (Fsp3) is 0.417. The summed E-state index contributed by atoms with van der Waals surface area (Å²) < 4.78 is 43.8. The Hall–Kier alpha value is -3.11. The van der Waals surface area contributed by atoms with Crippen LogP contribution in [0.1, 0.15) is 42.1 Å². The van der Waals surface area contributed by atoms with E-state index in [1.54, 1.807) is 31.2 Å². The van der Waals surface area contributed by atoms with Crippen molar-refractivity contribution >= 4 is 27.6 Å². The van der Waals surface area contributed by atoms with Crippen LogP contribution in [0.25, 0.3) is 0 Å². The number of piperidine rings is 1. The minimum absolute atomic E-state index is 0.0420. The number of hydrogen-bond acceptors (Lipinski definition) is 7. The SMILES string of the molecule is Cc1ccc(S(=O)(=O)N2CCCCC2)cc1C(=O)OC(C)C(=O)Nc1ccc2c(c1)OCCO2. The van der Waals surface area contributed by atoms with Crippen LogP contribution in [0.4, 0.5) is 5.69 Å². The highest BCUT2D eigenvalue weighted by Crippen LogP contribution is 2.32. The van der Waals surface area contributed by atoms with Gasteiger partial charge < -0.3 is 19.5 Å². The Morgan fingerprint density at radius 2 is 1.71 bits per heavy atom. The maximum atomic E-state index is 13.0. The Morgan fingerprint density at radius 3 is 2.44 bits per heavy atom. The molecule has 0 spiro atoms. The molecule has 34 heavy (non-hydrogen) atoms. The summed E-state index contributed by atoms with van der Waals surface area (Å²) in [5, 5.41) is 2.69. The Balaban J connectivity index is 1.44. The molecule has 0 radical (unpaired) electrons. The van der Waals surface area contributed by atoms with Crippen LogP contribution in [-0.2, 0) is 19.6 Å². The molecule has 0 bridgehead atoms. The lowest BCUT2D eigenvalue weighted by Crippen LogP contribution is -2.35. The summed E-state index contributed by atoms with van der Waals surface area (Å²) in [5.74, 6) is -0.174. The molecule has 10 heteroatoms. The number of ether oxygens (including phenoxy) is 3. The first-order valence-corrected chi connectivity index (χ1v) is 12.7. The van der Waals surface area contributed by atoms with Gasteiger partial charge in [-0.15, -0.1) is 0 Å². The molecule has 2 heterocycles. The van der Waals surface area contributed by atoms with Crippen molar-refractivity contribution < 1.29 is 32.2 Å². The molecule has 2 aliphatic heterocycles. The Bertz CT molecular complexity index is 1190. The molecule has 4 rings (SSSR count). The third kappa shape index (κ3) is 5.18. The van der Waals surface area contributed by atoms with E-state index in [9.17, 15) is 18.0 Å². The summed E-state index contributed by atoms with van der Waals surface area (Å²) in [5.41, 5.74) is 1.14. The van der Waals surface area contributed by atoms with Crippen molar-refractivity contribution in [2.45, 2.75) is 44.1 Å². The fourth-order valence-electron chi connectivity index (χ4n) is 3.88. The standard InChI is InChI=1S/C24H28N2O7S/c1-16-6-8-19(34(29,30)26-10-4-3-5-11-26)15-20(16)24(28)33-17(2)23(27)25-18-7-9-21-22(14-18)32-13-12-31-21/h6-9,14-15,17H,3-5,10-13H2,1-2H3,(H,25,27). The van der Waals surface area contributed by atoms with Gasteiger partial charge in [-0.3, -0.25) is 4.79 Å². The van der Waals surface area contributed by atoms with Gasteiger partial charge in [-0.1, -0.05) is 12.5 Å². The predicted molar refractivity (Wildman–Crippen MR) is 125 cm³/mol. The second kappa shape index (κ2) is 10.0. The highest BCUT2D eigenvalue weighted by molar-refractivity contribution is 7.89. The van der Waals surface area contributed by atoms with E-state index in [1.807, 2.05) is 0 Å². The van der Waals surface area contributed by atoms with Gasteiger partial charge in [-0.25, -0.2) is 13.2 Å². The first kappa shape index (κ1) is 24.0. The molecule has 2 aromatic carbocycles. The van der Waals surface area contributed by atoms with Crippen molar-refractivity contribution in [1.82, 2.24) is 4.31 Å². The lowest BCUT2D eigenvalue weighted by molar-refractivity contribution is -0.123. The van der Waals surface area contributed by atoms with E-state index in [0.29, 0.717) is 49.1 Å². The first-order valence-electron chi connectivity index (χ1n) is 11.3. The molecule has 2 aromatic rings. The Labute approximate surface area is 199 Å². The van der Waals surface area contributed by atoms with Gasteiger partial charge in [0.25, 0.3) is 5.91 Å². The Morgan fingerprint density at radius 1 is 1.00 bits per heavy atom. The summed E-state index contributed by atoms with van der Waals surface area (Å²) >= 11 is 0. The van der Waals surface area contributed by atoms with E-state index in [0.717, 1.165) is 19.3 Å². The van der Waals surface area contributed by atoms with Crippen LogP contribution in [-0.4, -0.2) is 57.0 Å². The van der Waals surface area contributed by atoms with Crippen LogP contribution in [0, 0.1) is 6.92 Å². The van der Waals surface area contributed by atoms with Crippen molar-refractivity contribution in [3.63, 3.8) is 0 Å². The van der Waals surface area contributed by atoms with Gasteiger partial charge in [0.05, 0.1) is 10.5 Å². The number of benzene rings is 2. The van der Waals surface area contributed by atoms with Crippen molar-refractivity contribution in [2.75, 3.05) is 31.6 Å². The minimum Gasteiger partial charge on any atom is -0.486 e. The monoisotopic (exact) mass is 488 g/mol. The molecule has 1 N–H and O–H groups in total. The van der Waals surface area contributed by atoms with E-state index in [1.165, 1.54) is 23.4 Å². The summed E-state index contributed by atoms with van der Waals surface area (Å²) in [7, 11) is -3.70.